The first kappa shape index (κ1) is 12.4. The highest BCUT2D eigenvalue weighted by atomic mass is 16.5. The number of nitrogens with zero attached hydrogens (tertiary/aromatic N) is 2. The molecule has 1 heterocycles. The van der Waals surface area contributed by atoms with Crippen molar-refractivity contribution in [2.75, 3.05) is 0 Å². The number of benzene rings is 2. The van der Waals surface area contributed by atoms with Gasteiger partial charge in [-0.2, -0.15) is 0 Å². The minimum absolute atomic E-state index is 0.125. The van der Waals surface area contributed by atoms with Gasteiger partial charge in [0.1, 0.15) is 18.1 Å². The average Bonchev–Trinajstić information content (AvgIpc) is 2.50. The van der Waals surface area contributed by atoms with Gasteiger partial charge in [0.15, 0.2) is 0 Å². The minimum Gasteiger partial charge on any atom is -0.487 e. The molecule has 0 aliphatic heterocycles. The molecular weight excluding hydrogens is 252 g/mol. The molecule has 0 unspecified atom stereocenters. The molecule has 0 radical (unpaired) electrons. The molecule has 3 aromatic rings. The molecule has 3 rings (SSSR count). The van der Waals surface area contributed by atoms with E-state index in [2.05, 4.69) is 4.98 Å². The summed E-state index contributed by atoms with van der Waals surface area (Å²) < 4.78 is 7.20. The normalized spacial score (nSPS) is 10.7. The van der Waals surface area contributed by atoms with Crippen LogP contribution < -0.4 is 10.3 Å². The van der Waals surface area contributed by atoms with Crippen LogP contribution in [0.3, 0.4) is 0 Å². The van der Waals surface area contributed by atoms with Gasteiger partial charge >= 0.3 is 0 Å². The van der Waals surface area contributed by atoms with E-state index in [0.29, 0.717) is 5.69 Å². The Kier molecular flexibility index (Phi) is 3.21. The summed E-state index contributed by atoms with van der Waals surface area (Å²) in [6.07, 6.45) is 0. The van der Waals surface area contributed by atoms with Gasteiger partial charge in [-0.05, 0) is 24.3 Å². The van der Waals surface area contributed by atoms with Crippen LogP contribution >= 0.6 is 0 Å². The number of hydrogen-bond acceptors (Lipinski definition) is 3. The Balaban J connectivity index is 1.96. The van der Waals surface area contributed by atoms with Crippen molar-refractivity contribution < 1.29 is 4.74 Å². The van der Waals surface area contributed by atoms with Crippen LogP contribution in [0.5, 0.6) is 5.75 Å². The Labute approximate surface area is 116 Å². The zero-order valence-corrected chi connectivity index (χ0v) is 11.1. The third kappa shape index (κ3) is 2.28. The largest absolute Gasteiger partial charge is 0.487 e. The standard InChI is InChI=1S/C16H14N2O2/c1-18-15-10-6-5-9-13(15)17-14(16(18)19)11-20-12-7-3-2-4-8-12/h2-10H,11H2,1H3. The van der Waals surface area contributed by atoms with E-state index in [0.717, 1.165) is 16.8 Å². The maximum Gasteiger partial charge on any atom is 0.276 e. The van der Waals surface area contributed by atoms with Crippen molar-refractivity contribution in [1.29, 1.82) is 0 Å². The molecule has 0 N–H and O–H groups in total. The minimum atomic E-state index is -0.125. The summed E-state index contributed by atoms with van der Waals surface area (Å²) in [6.45, 7) is 0.168. The van der Waals surface area contributed by atoms with Gasteiger partial charge in [0.25, 0.3) is 5.56 Å². The molecule has 0 spiro atoms. The highest BCUT2D eigenvalue weighted by Gasteiger charge is 2.08. The van der Waals surface area contributed by atoms with E-state index in [-0.39, 0.29) is 12.2 Å². The number of fused-ring (bicyclic) bond motifs is 1. The van der Waals surface area contributed by atoms with E-state index in [4.69, 9.17) is 4.74 Å². The Morgan fingerprint density at radius 2 is 1.75 bits per heavy atom. The van der Waals surface area contributed by atoms with Crippen LogP contribution in [0.15, 0.2) is 59.4 Å². The lowest BCUT2D eigenvalue weighted by Gasteiger charge is -2.09. The molecule has 0 fully saturated rings. The number of aryl methyl sites for hydroxylation is 1. The zero-order chi connectivity index (χ0) is 13.9. The van der Waals surface area contributed by atoms with E-state index >= 15 is 0 Å². The molecule has 0 aliphatic rings. The maximum atomic E-state index is 12.2. The fraction of sp³-hybridized carbons (Fsp3) is 0.125. The Bertz CT molecular complexity index is 794. The van der Waals surface area contributed by atoms with Gasteiger partial charge in [-0.3, -0.25) is 4.79 Å². The summed E-state index contributed by atoms with van der Waals surface area (Å²) >= 11 is 0. The molecule has 4 nitrogen and oxygen atoms in total. The van der Waals surface area contributed by atoms with Crippen molar-refractivity contribution >= 4 is 11.0 Å². The summed E-state index contributed by atoms with van der Waals surface area (Å²) in [6, 6.07) is 17.0. The molecule has 0 amide bonds. The monoisotopic (exact) mass is 266 g/mol. The second-order valence-electron chi connectivity index (χ2n) is 4.51. The van der Waals surface area contributed by atoms with Crippen molar-refractivity contribution in [3.63, 3.8) is 0 Å². The van der Waals surface area contributed by atoms with Gasteiger partial charge < -0.3 is 9.30 Å². The Morgan fingerprint density at radius 3 is 2.55 bits per heavy atom. The van der Waals surface area contributed by atoms with Gasteiger partial charge in [0.2, 0.25) is 0 Å². The third-order valence-corrected chi connectivity index (χ3v) is 3.17. The van der Waals surface area contributed by atoms with Crippen LogP contribution in [-0.2, 0) is 13.7 Å². The first-order chi connectivity index (χ1) is 9.75. The predicted molar refractivity (Wildman–Crippen MR) is 77.8 cm³/mol. The highest BCUT2D eigenvalue weighted by Crippen LogP contribution is 2.12. The summed E-state index contributed by atoms with van der Waals surface area (Å²) in [5.74, 6) is 0.726. The summed E-state index contributed by atoms with van der Waals surface area (Å²) in [5.41, 5.74) is 1.90. The van der Waals surface area contributed by atoms with E-state index in [1.54, 1.807) is 11.6 Å². The SMILES string of the molecule is Cn1c(=O)c(COc2ccccc2)nc2ccccc21. The quantitative estimate of drug-likeness (QED) is 0.731. The van der Waals surface area contributed by atoms with Crippen LogP contribution in [0.4, 0.5) is 0 Å². The van der Waals surface area contributed by atoms with E-state index in [1.807, 2.05) is 54.6 Å². The average molecular weight is 266 g/mol. The summed E-state index contributed by atoms with van der Waals surface area (Å²) in [4.78, 5) is 16.6. The van der Waals surface area contributed by atoms with Crippen molar-refractivity contribution in [3.8, 4) is 5.75 Å². The third-order valence-electron chi connectivity index (χ3n) is 3.17. The van der Waals surface area contributed by atoms with Gasteiger partial charge in [-0.1, -0.05) is 30.3 Å². The molecule has 1 aromatic heterocycles. The molecule has 0 aliphatic carbocycles. The van der Waals surface area contributed by atoms with Crippen LogP contribution in [0.25, 0.3) is 11.0 Å². The lowest BCUT2D eigenvalue weighted by molar-refractivity contribution is 0.299. The van der Waals surface area contributed by atoms with Crippen LogP contribution in [-0.4, -0.2) is 9.55 Å². The predicted octanol–water partition coefficient (Wildman–Crippen LogP) is 2.51. The van der Waals surface area contributed by atoms with Crippen molar-refractivity contribution in [1.82, 2.24) is 9.55 Å². The summed E-state index contributed by atoms with van der Waals surface area (Å²) in [7, 11) is 1.75. The molecular formula is C16H14N2O2. The smallest absolute Gasteiger partial charge is 0.276 e. The molecule has 20 heavy (non-hydrogen) atoms. The first-order valence-electron chi connectivity index (χ1n) is 6.38. The number of ether oxygens (including phenoxy) is 1. The second kappa shape index (κ2) is 5.17. The fourth-order valence-corrected chi connectivity index (χ4v) is 2.10. The first-order valence-corrected chi connectivity index (χ1v) is 6.38. The fourth-order valence-electron chi connectivity index (χ4n) is 2.10. The lowest BCUT2D eigenvalue weighted by Crippen LogP contribution is -2.24. The van der Waals surface area contributed by atoms with E-state index < -0.39 is 0 Å². The van der Waals surface area contributed by atoms with E-state index in [9.17, 15) is 4.79 Å². The lowest BCUT2D eigenvalue weighted by atomic mass is 10.3. The topological polar surface area (TPSA) is 44.1 Å². The molecule has 2 aromatic carbocycles. The maximum absolute atomic E-state index is 12.2. The Morgan fingerprint density at radius 1 is 1.05 bits per heavy atom. The number of aromatic nitrogens is 2. The van der Waals surface area contributed by atoms with Crippen LogP contribution in [0.2, 0.25) is 0 Å². The van der Waals surface area contributed by atoms with Crippen LogP contribution in [0.1, 0.15) is 5.69 Å². The summed E-state index contributed by atoms with van der Waals surface area (Å²) in [5, 5.41) is 0. The van der Waals surface area contributed by atoms with Crippen molar-refractivity contribution in [2.24, 2.45) is 7.05 Å². The number of para-hydroxylation sites is 3. The Hall–Kier alpha value is -2.62. The van der Waals surface area contributed by atoms with Gasteiger partial charge in [0.05, 0.1) is 11.0 Å². The van der Waals surface area contributed by atoms with Gasteiger partial charge in [0, 0.05) is 7.05 Å². The molecule has 0 atom stereocenters. The molecule has 0 bridgehead atoms. The molecule has 4 heteroatoms. The number of hydrogen-bond donors (Lipinski definition) is 0. The molecule has 0 saturated heterocycles. The zero-order valence-electron chi connectivity index (χ0n) is 11.1. The van der Waals surface area contributed by atoms with Crippen molar-refractivity contribution in [2.45, 2.75) is 6.61 Å². The van der Waals surface area contributed by atoms with Gasteiger partial charge in [-0.15, -0.1) is 0 Å². The molecule has 0 saturated carbocycles. The van der Waals surface area contributed by atoms with Crippen molar-refractivity contribution in [3.05, 3.63) is 70.6 Å². The molecule has 100 valence electrons. The van der Waals surface area contributed by atoms with Crippen LogP contribution in [0, 0.1) is 0 Å². The number of rotatable bonds is 3. The second-order valence-corrected chi connectivity index (χ2v) is 4.51. The van der Waals surface area contributed by atoms with E-state index in [1.165, 1.54) is 0 Å². The van der Waals surface area contributed by atoms with Gasteiger partial charge in [-0.25, -0.2) is 4.98 Å². The highest BCUT2D eigenvalue weighted by molar-refractivity contribution is 5.74.